The van der Waals surface area contributed by atoms with Crippen LogP contribution in [0.15, 0.2) is 34.9 Å². The van der Waals surface area contributed by atoms with E-state index in [4.69, 9.17) is 14.4 Å². The van der Waals surface area contributed by atoms with Crippen LogP contribution in [0.1, 0.15) is 47.4 Å². The molecule has 0 bridgehead atoms. The van der Waals surface area contributed by atoms with E-state index in [1.54, 1.807) is 6.07 Å². The molecule has 4 rings (SSSR count). The molecule has 0 spiro atoms. The number of ether oxygens (including phenoxy) is 1. The van der Waals surface area contributed by atoms with E-state index in [0.717, 1.165) is 24.1 Å². The number of aryl methyl sites for hydroxylation is 1. The number of nitrogens with zero attached hydrogens (tertiary/aromatic N) is 2. The van der Waals surface area contributed by atoms with Crippen LogP contribution in [0, 0.1) is 12.8 Å². The molecular weight excluding hydrogens is 332 g/mol. The molecule has 2 aliphatic heterocycles. The number of carbonyl (C=O) groups excluding carboxylic acids is 1. The quantitative estimate of drug-likeness (QED) is 0.911. The summed E-state index contributed by atoms with van der Waals surface area (Å²) in [4.78, 5) is 14.9. The Morgan fingerprint density at radius 2 is 2.08 bits per heavy atom. The fourth-order valence-electron chi connectivity index (χ4n) is 3.79. The van der Waals surface area contributed by atoms with Gasteiger partial charge in [-0.25, -0.2) is 0 Å². The summed E-state index contributed by atoms with van der Waals surface area (Å²) in [5, 5.41) is 13.1. The lowest BCUT2D eigenvalue weighted by Gasteiger charge is -2.42. The number of hydrogen-bond acceptors (Lipinski definition) is 5. The summed E-state index contributed by atoms with van der Waals surface area (Å²) in [5.74, 6) is 0.686. The molecule has 0 aliphatic carbocycles. The van der Waals surface area contributed by atoms with Gasteiger partial charge < -0.3 is 19.3 Å². The average Bonchev–Trinajstić information content (AvgIpc) is 3.10. The minimum Gasteiger partial charge on any atom is -0.388 e. The van der Waals surface area contributed by atoms with Crippen LogP contribution < -0.4 is 0 Å². The van der Waals surface area contributed by atoms with Crippen molar-refractivity contribution in [3.63, 3.8) is 0 Å². The molecule has 2 aromatic rings. The number of amides is 1. The van der Waals surface area contributed by atoms with E-state index in [1.807, 2.05) is 4.90 Å². The van der Waals surface area contributed by atoms with Crippen LogP contribution >= 0.6 is 0 Å². The largest absolute Gasteiger partial charge is 0.388 e. The Morgan fingerprint density at radius 3 is 2.77 bits per heavy atom. The lowest BCUT2D eigenvalue weighted by atomic mass is 9.86. The van der Waals surface area contributed by atoms with E-state index in [0.29, 0.717) is 25.5 Å². The summed E-state index contributed by atoms with van der Waals surface area (Å²) < 4.78 is 11.0. The lowest BCUT2D eigenvalue weighted by Crippen LogP contribution is -2.52. The Hall–Kier alpha value is -2.18. The Labute approximate surface area is 152 Å². The van der Waals surface area contributed by atoms with E-state index in [9.17, 15) is 4.79 Å². The van der Waals surface area contributed by atoms with Crippen LogP contribution in [0.4, 0.5) is 0 Å². The molecule has 1 aromatic heterocycles. The van der Waals surface area contributed by atoms with Gasteiger partial charge in [0.05, 0.1) is 17.7 Å². The highest BCUT2D eigenvalue weighted by molar-refractivity contribution is 5.80. The lowest BCUT2D eigenvalue weighted by molar-refractivity contribution is -0.150. The van der Waals surface area contributed by atoms with Crippen molar-refractivity contribution in [2.24, 2.45) is 5.92 Å². The van der Waals surface area contributed by atoms with Crippen LogP contribution in [0.25, 0.3) is 0 Å². The summed E-state index contributed by atoms with van der Waals surface area (Å²) in [6.45, 7) is 3.90. The van der Waals surface area contributed by atoms with E-state index in [1.165, 1.54) is 5.56 Å². The highest BCUT2D eigenvalue weighted by Crippen LogP contribution is 2.37. The fourth-order valence-corrected chi connectivity index (χ4v) is 3.79. The molecule has 2 saturated heterocycles. The fraction of sp³-hybridized carbons (Fsp3) is 0.500. The second-order valence-electron chi connectivity index (χ2n) is 7.27. The predicted octanol–water partition coefficient (Wildman–Crippen LogP) is 2.57. The second-order valence-corrected chi connectivity index (χ2v) is 7.27. The van der Waals surface area contributed by atoms with Crippen LogP contribution in [0.3, 0.4) is 0 Å². The first kappa shape index (κ1) is 17.2. The molecule has 138 valence electrons. The minimum atomic E-state index is -0.163. The molecule has 2 aliphatic rings. The number of carbonyl (C=O) groups is 1. The standard InChI is InChI=1S/C20H24N2O4/c1-13-4-6-14(7-5-13)19-17(3-2-8-25-19)20(24)22-10-15(11-22)18-9-16(12-23)26-21-18/h4-7,9,15,17,19,23H,2-3,8,10-12H2,1H3/t17-,19+/m1/s1. The third-order valence-corrected chi connectivity index (χ3v) is 5.39. The summed E-state index contributed by atoms with van der Waals surface area (Å²) >= 11 is 0. The van der Waals surface area contributed by atoms with Crippen molar-refractivity contribution in [3.8, 4) is 0 Å². The molecule has 6 heteroatoms. The molecule has 26 heavy (non-hydrogen) atoms. The molecule has 2 atom stereocenters. The van der Waals surface area contributed by atoms with Gasteiger partial charge in [0.1, 0.15) is 6.61 Å². The van der Waals surface area contributed by atoms with Crippen molar-refractivity contribution in [3.05, 3.63) is 52.9 Å². The Balaban J connectivity index is 1.42. The molecule has 1 amide bonds. The molecule has 0 unspecified atom stereocenters. The number of aromatic nitrogens is 1. The van der Waals surface area contributed by atoms with Crippen LogP contribution in [-0.2, 0) is 16.1 Å². The van der Waals surface area contributed by atoms with E-state index in [-0.39, 0.29) is 30.5 Å². The minimum absolute atomic E-state index is 0.127. The third kappa shape index (κ3) is 3.27. The van der Waals surface area contributed by atoms with Crippen molar-refractivity contribution < 1.29 is 19.2 Å². The van der Waals surface area contributed by atoms with Gasteiger partial charge in [-0.1, -0.05) is 35.0 Å². The van der Waals surface area contributed by atoms with Gasteiger partial charge in [-0.2, -0.15) is 0 Å². The highest BCUT2D eigenvalue weighted by atomic mass is 16.5. The number of aliphatic hydroxyl groups is 1. The topological polar surface area (TPSA) is 75.8 Å². The number of aliphatic hydroxyl groups excluding tert-OH is 1. The Bertz CT molecular complexity index is 764. The van der Waals surface area contributed by atoms with Crippen molar-refractivity contribution in [2.75, 3.05) is 19.7 Å². The molecular formula is C20H24N2O4. The van der Waals surface area contributed by atoms with Crippen molar-refractivity contribution in [1.82, 2.24) is 10.1 Å². The van der Waals surface area contributed by atoms with Gasteiger partial charge >= 0.3 is 0 Å². The summed E-state index contributed by atoms with van der Waals surface area (Å²) in [6, 6.07) is 10.0. The van der Waals surface area contributed by atoms with Gasteiger partial charge in [0.15, 0.2) is 5.76 Å². The molecule has 0 radical (unpaired) electrons. The van der Waals surface area contributed by atoms with Crippen LogP contribution in [-0.4, -0.2) is 40.8 Å². The van der Waals surface area contributed by atoms with Gasteiger partial charge in [0.2, 0.25) is 5.91 Å². The number of likely N-dealkylation sites (tertiary alicyclic amines) is 1. The maximum Gasteiger partial charge on any atom is 0.228 e. The van der Waals surface area contributed by atoms with Gasteiger partial charge in [-0.3, -0.25) is 4.79 Å². The first-order valence-corrected chi connectivity index (χ1v) is 9.19. The first-order valence-electron chi connectivity index (χ1n) is 9.19. The smallest absolute Gasteiger partial charge is 0.228 e. The zero-order valence-electron chi connectivity index (χ0n) is 14.9. The third-order valence-electron chi connectivity index (χ3n) is 5.39. The summed E-state index contributed by atoms with van der Waals surface area (Å²) in [5.41, 5.74) is 3.09. The monoisotopic (exact) mass is 356 g/mol. The van der Waals surface area contributed by atoms with Crippen LogP contribution in [0.2, 0.25) is 0 Å². The Morgan fingerprint density at radius 1 is 1.31 bits per heavy atom. The average molecular weight is 356 g/mol. The summed E-state index contributed by atoms with van der Waals surface area (Å²) in [6.07, 6.45) is 1.61. The number of hydrogen-bond donors (Lipinski definition) is 1. The van der Waals surface area contributed by atoms with E-state index >= 15 is 0 Å². The molecule has 3 heterocycles. The molecule has 6 nitrogen and oxygen atoms in total. The predicted molar refractivity (Wildman–Crippen MR) is 94.3 cm³/mol. The van der Waals surface area contributed by atoms with E-state index in [2.05, 4.69) is 36.3 Å². The zero-order valence-corrected chi connectivity index (χ0v) is 14.9. The van der Waals surface area contributed by atoms with Gasteiger partial charge in [0, 0.05) is 31.7 Å². The molecule has 1 aromatic carbocycles. The van der Waals surface area contributed by atoms with Crippen molar-refractivity contribution >= 4 is 5.91 Å². The van der Waals surface area contributed by atoms with Crippen molar-refractivity contribution in [1.29, 1.82) is 0 Å². The SMILES string of the molecule is Cc1ccc([C@@H]2OCCC[C@H]2C(=O)N2CC(c3cc(CO)on3)C2)cc1. The van der Waals surface area contributed by atoms with Crippen molar-refractivity contribution in [2.45, 2.75) is 38.4 Å². The summed E-state index contributed by atoms with van der Waals surface area (Å²) in [7, 11) is 0. The number of benzene rings is 1. The maximum atomic E-state index is 13.0. The van der Waals surface area contributed by atoms with Gasteiger partial charge in [-0.05, 0) is 25.3 Å². The van der Waals surface area contributed by atoms with Gasteiger partial charge in [-0.15, -0.1) is 0 Å². The molecule has 2 fully saturated rings. The molecule has 0 saturated carbocycles. The van der Waals surface area contributed by atoms with Crippen LogP contribution in [0.5, 0.6) is 0 Å². The van der Waals surface area contributed by atoms with Gasteiger partial charge in [0.25, 0.3) is 0 Å². The maximum absolute atomic E-state index is 13.0. The first-order chi connectivity index (χ1) is 12.7. The molecule has 1 N–H and O–H groups in total. The Kier molecular flexibility index (Phi) is 4.78. The second kappa shape index (κ2) is 7.21. The zero-order chi connectivity index (χ0) is 18.1. The highest BCUT2D eigenvalue weighted by Gasteiger charge is 2.41. The van der Waals surface area contributed by atoms with E-state index < -0.39 is 0 Å². The normalized spacial score (nSPS) is 23.7. The number of rotatable bonds is 4.